The first-order valence-electron chi connectivity index (χ1n) is 21.8. The second-order valence-corrected chi connectivity index (χ2v) is 15.4. The Morgan fingerprint density at radius 3 is 1.94 bits per heavy atom. The van der Waals surface area contributed by atoms with Crippen molar-refractivity contribution < 1.29 is 47.4 Å². The standard InChI is InChI=1S/C42H63ClN10O10/c1-33(30-52-32-46-49-50-52)63-40-27-34(3-8-38(40)43)35-28-44-42(45-29-35)47-39-31-53(37-6-4-36(5-7-37)51-9-11-55-12-10-51)48-41(39)62-26-25-61-24-23-60-22-21-59-20-19-58-18-17-57-16-15-56-14-13-54-2/h3,8,27-29,31-33,36-37H,4-7,9-26,30H2,1-2H3,(H,44,45,47)/t33-,36?,37?/m0/s1. The third-order valence-corrected chi connectivity index (χ3v) is 10.7. The average Bonchev–Trinajstić information content (AvgIpc) is 3.98. The summed E-state index contributed by atoms with van der Waals surface area (Å²) in [6, 6.07) is 6.41. The van der Waals surface area contributed by atoms with Gasteiger partial charge in [0, 0.05) is 44.2 Å². The van der Waals surface area contributed by atoms with Crippen molar-refractivity contribution in [2.24, 2.45) is 0 Å². The number of nitrogens with zero attached hydrogens (tertiary/aromatic N) is 9. The molecule has 1 saturated heterocycles. The van der Waals surface area contributed by atoms with Gasteiger partial charge in [-0.05, 0) is 60.7 Å². The third-order valence-electron chi connectivity index (χ3n) is 10.4. The van der Waals surface area contributed by atoms with E-state index in [4.69, 9.17) is 64.1 Å². The molecule has 3 aromatic heterocycles. The van der Waals surface area contributed by atoms with Crippen LogP contribution in [0.4, 0.5) is 11.6 Å². The van der Waals surface area contributed by atoms with Gasteiger partial charge in [-0.1, -0.05) is 17.7 Å². The van der Waals surface area contributed by atoms with E-state index in [1.807, 2.05) is 29.9 Å². The minimum atomic E-state index is -0.226. The monoisotopic (exact) mass is 902 g/mol. The molecular formula is C42H63ClN10O10. The lowest BCUT2D eigenvalue weighted by Gasteiger charge is -2.38. The quantitative estimate of drug-likeness (QED) is 0.0708. The van der Waals surface area contributed by atoms with Crippen LogP contribution in [0.3, 0.4) is 0 Å². The van der Waals surface area contributed by atoms with Gasteiger partial charge in [-0.15, -0.1) is 10.2 Å². The van der Waals surface area contributed by atoms with E-state index in [2.05, 4.69) is 35.7 Å². The number of nitrogens with one attached hydrogen (secondary N) is 1. The molecule has 1 aliphatic heterocycles. The molecule has 0 spiro atoms. The van der Waals surface area contributed by atoms with Crippen molar-refractivity contribution in [2.45, 2.75) is 57.3 Å². The highest BCUT2D eigenvalue weighted by atomic mass is 35.5. The molecule has 0 amide bonds. The molecule has 348 valence electrons. The molecule has 1 N–H and O–H groups in total. The average molecular weight is 903 g/mol. The van der Waals surface area contributed by atoms with Crippen molar-refractivity contribution in [2.75, 3.05) is 131 Å². The van der Waals surface area contributed by atoms with E-state index in [0.717, 1.165) is 63.1 Å². The Hall–Kier alpha value is -4.09. The lowest BCUT2D eigenvalue weighted by atomic mass is 9.90. The molecule has 2 fully saturated rings. The summed E-state index contributed by atoms with van der Waals surface area (Å²) in [4.78, 5) is 11.8. The zero-order valence-electron chi connectivity index (χ0n) is 36.5. The molecule has 6 rings (SSSR count). The van der Waals surface area contributed by atoms with E-state index in [9.17, 15) is 0 Å². The van der Waals surface area contributed by atoms with E-state index >= 15 is 0 Å². The lowest BCUT2D eigenvalue weighted by Crippen LogP contribution is -2.45. The Labute approximate surface area is 374 Å². The van der Waals surface area contributed by atoms with Crippen LogP contribution in [-0.2, 0) is 44.4 Å². The van der Waals surface area contributed by atoms with Gasteiger partial charge in [0.15, 0.2) is 0 Å². The van der Waals surface area contributed by atoms with Crippen molar-refractivity contribution in [3.05, 3.63) is 48.1 Å². The van der Waals surface area contributed by atoms with Crippen molar-refractivity contribution in [3.63, 3.8) is 0 Å². The first-order chi connectivity index (χ1) is 31.1. The first kappa shape index (κ1) is 48.4. The van der Waals surface area contributed by atoms with Gasteiger partial charge in [0.05, 0.1) is 123 Å². The second kappa shape index (κ2) is 28.0. The summed E-state index contributed by atoms with van der Waals surface area (Å²) in [6.07, 6.45) is 11.1. The maximum Gasteiger partial charge on any atom is 0.257 e. The smallest absolute Gasteiger partial charge is 0.257 e. The van der Waals surface area contributed by atoms with Gasteiger partial charge in [0.25, 0.3) is 5.88 Å². The molecule has 1 aromatic carbocycles. The summed E-state index contributed by atoms with van der Waals surface area (Å²) in [5.74, 6) is 1.41. The Bertz CT molecular complexity index is 1820. The molecular weight excluding hydrogens is 840 g/mol. The predicted molar refractivity (Wildman–Crippen MR) is 232 cm³/mol. The predicted octanol–water partition coefficient (Wildman–Crippen LogP) is 4.13. The number of ether oxygens (including phenoxy) is 10. The third kappa shape index (κ3) is 17.1. The fourth-order valence-electron chi connectivity index (χ4n) is 7.14. The molecule has 4 heterocycles. The molecule has 0 radical (unpaired) electrons. The van der Waals surface area contributed by atoms with Crippen LogP contribution >= 0.6 is 11.6 Å². The highest BCUT2D eigenvalue weighted by molar-refractivity contribution is 6.32. The van der Waals surface area contributed by atoms with Gasteiger partial charge in [0.2, 0.25) is 5.95 Å². The van der Waals surface area contributed by atoms with E-state index < -0.39 is 0 Å². The molecule has 0 bridgehead atoms. The van der Waals surface area contributed by atoms with Crippen LogP contribution in [0.25, 0.3) is 11.1 Å². The van der Waals surface area contributed by atoms with Crippen molar-refractivity contribution in [1.29, 1.82) is 0 Å². The first-order valence-corrected chi connectivity index (χ1v) is 22.2. The number of hydrogen-bond donors (Lipinski definition) is 1. The summed E-state index contributed by atoms with van der Waals surface area (Å²) < 4.78 is 59.8. The zero-order valence-corrected chi connectivity index (χ0v) is 37.3. The van der Waals surface area contributed by atoms with Crippen LogP contribution in [-0.4, -0.2) is 183 Å². The highest BCUT2D eigenvalue weighted by Gasteiger charge is 2.29. The van der Waals surface area contributed by atoms with Crippen LogP contribution in [0.15, 0.2) is 43.1 Å². The van der Waals surface area contributed by atoms with Gasteiger partial charge in [0.1, 0.15) is 30.5 Å². The normalized spacial score (nSPS) is 17.5. The molecule has 1 aliphatic carbocycles. The summed E-state index contributed by atoms with van der Waals surface area (Å²) in [5.41, 5.74) is 2.33. The van der Waals surface area contributed by atoms with E-state index in [0.29, 0.717) is 133 Å². The van der Waals surface area contributed by atoms with E-state index in [1.54, 1.807) is 36.6 Å². The van der Waals surface area contributed by atoms with Crippen LogP contribution in [0, 0.1) is 0 Å². The van der Waals surface area contributed by atoms with Crippen LogP contribution < -0.4 is 14.8 Å². The molecule has 63 heavy (non-hydrogen) atoms. The molecule has 1 atom stereocenters. The second-order valence-electron chi connectivity index (χ2n) is 15.0. The largest absolute Gasteiger partial charge is 0.487 e. The van der Waals surface area contributed by atoms with E-state index in [-0.39, 0.29) is 12.1 Å². The fraction of sp³-hybridized carbons (Fsp3) is 0.667. The SMILES string of the molecule is COCCOCCOCCOCCOCCOCCOCCOc1nn(C2CCC(N3CCOCC3)CC2)cc1Nc1ncc(-c2ccc(Cl)c(O[C@@H](C)Cn3cnnn3)c2)cn1. The fourth-order valence-corrected chi connectivity index (χ4v) is 7.31. The maximum atomic E-state index is 6.50. The molecule has 21 heteroatoms. The number of morpholine rings is 1. The molecule has 1 saturated carbocycles. The molecule has 0 unspecified atom stereocenters. The van der Waals surface area contributed by atoms with Crippen LogP contribution in [0.1, 0.15) is 38.6 Å². The zero-order chi connectivity index (χ0) is 43.7. The molecule has 2 aliphatic rings. The Balaban J connectivity index is 0.923. The number of hydrogen-bond acceptors (Lipinski definition) is 18. The van der Waals surface area contributed by atoms with Crippen molar-refractivity contribution >= 4 is 23.2 Å². The minimum absolute atomic E-state index is 0.226. The van der Waals surface area contributed by atoms with Crippen molar-refractivity contribution in [1.82, 2.24) is 44.9 Å². The Morgan fingerprint density at radius 2 is 1.35 bits per heavy atom. The summed E-state index contributed by atoms with van der Waals surface area (Å²) in [5, 5.41) is 20.0. The topological polar surface area (TPSA) is 195 Å². The van der Waals surface area contributed by atoms with Gasteiger partial charge in [-0.25, -0.2) is 14.6 Å². The van der Waals surface area contributed by atoms with Crippen molar-refractivity contribution in [3.8, 4) is 22.8 Å². The summed E-state index contributed by atoms with van der Waals surface area (Å²) in [7, 11) is 1.65. The number of rotatable bonds is 31. The van der Waals surface area contributed by atoms with Gasteiger partial charge in [-0.3, -0.25) is 9.58 Å². The Morgan fingerprint density at radius 1 is 0.762 bits per heavy atom. The number of anilines is 2. The van der Waals surface area contributed by atoms with Gasteiger partial charge >= 0.3 is 0 Å². The lowest BCUT2D eigenvalue weighted by molar-refractivity contribution is -0.0199. The molecule has 20 nitrogen and oxygen atoms in total. The van der Waals surface area contributed by atoms with Gasteiger partial charge in [-0.2, -0.15) is 0 Å². The van der Waals surface area contributed by atoms with Gasteiger partial charge < -0.3 is 52.7 Å². The number of halogens is 1. The summed E-state index contributed by atoms with van der Waals surface area (Å²) >= 11 is 6.50. The number of benzene rings is 1. The maximum absolute atomic E-state index is 6.50. The van der Waals surface area contributed by atoms with Crippen LogP contribution in [0.2, 0.25) is 5.02 Å². The Kier molecular flexibility index (Phi) is 21.5. The highest BCUT2D eigenvalue weighted by Crippen LogP contribution is 2.35. The number of aromatic nitrogens is 8. The minimum Gasteiger partial charge on any atom is -0.487 e. The number of methoxy groups -OCH3 is 1. The summed E-state index contributed by atoms with van der Waals surface area (Å²) in [6.45, 7) is 12.7. The van der Waals surface area contributed by atoms with E-state index in [1.165, 1.54) is 0 Å². The van der Waals surface area contributed by atoms with Crippen LogP contribution in [0.5, 0.6) is 11.6 Å². The number of tetrazole rings is 1. The molecule has 4 aromatic rings.